The lowest BCUT2D eigenvalue weighted by Crippen LogP contribution is -2.45. The lowest BCUT2D eigenvalue weighted by atomic mass is 10.3. The van der Waals surface area contributed by atoms with Crippen LogP contribution in [0.15, 0.2) is 23.1 Å². The van der Waals surface area contributed by atoms with Crippen LogP contribution in [0.1, 0.15) is 6.92 Å². The van der Waals surface area contributed by atoms with Crippen LogP contribution in [-0.2, 0) is 14.8 Å². The van der Waals surface area contributed by atoms with Crippen molar-refractivity contribution in [2.24, 2.45) is 0 Å². The molecule has 21 heavy (non-hydrogen) atoms. The maximum absolute atomic E-state index is 13.1. The number of morpholine rings is 1. The summed E-state index contributed by atoms with van der Waals surface area (Å²) < 4.78 is 45.4. The molecule has 1 heterocycles. The molecular weight excluding hydrogens is 297 g/mol. The molecule has 0 bridgehead atoms. The van der Waals surface area contributed by atoms with Gasteiger partial charge in [0.25, 0.3) is 0 Å². The minimum atomic E-state index is -3.70. The van der Waals surface area contributed by atoms with Gasteiger partial charge in [-0.3, -0.25) is 4.90 Å². The van der Waals surface area contributed by atoms with Gasteiger partial charge in [-0.05, 0) is 25.1 Å². The average molecular weight is 317 g/mol. The molecule has 2 rings (SSSR count). The zero-order valence-electron chi connectivity index (χ0n) is 11.9. The van der Waals surface area contributed by atoms with Crippen LogP contribution in [0.25, 0.3) is 0 Å². The van der Waals surface area contributed by atoms with Crippen LogP contribution in [0.2, 0.25) is 0 Å². The average Bonchev–Trinajstić information content (AvgIpc) is 2.42. The molecule has 1 atom stereocenters. The van der Waals surface area contributed by atoms with E-state index in [2.05, 4.69) is 9.62 Å². The summed E-state index contributed by atoms with van der Waals surface area (Å²) in [7, 11) is -3.70. The summed E-state index contributed by atoms with van der Waals surface area (Å²) in [6.07, 6.45) is 0. The van der Waals surface area contributed by atoms with E-state index in [1.54, 1.807) is 6.92 Å². The minimum Gasteiger partial charge on any atom is -0.396 e. The van der Waals surface area contributed by atoms with Crippen molar-refractivity contribution in [1.29, 1.82) is 0 Å². The van der Waals surface area contributed by atoms with Gasteiger partial charge >= 0.3 is 0 Å². The Morgan fingerprint density at radius 2 is 2.10 bits per heavy atom. The summed E-state index contributed by atoms with van der Waals surface area (Å²) >= 11 is 0. The van der Waals surface area contributed by atoms with Gasteiger partial charge in [0.05, 0.1) is 23.8 Å². The number of halogens is 1. The third-order valence-electron chi connectivity index (χ3n) is 3.27. The van der Waals surface area contributed by atoms with E-state index in [0.717, 1.165) is 25.2 Å². The predicted octanol–water partition coefficient (Wildman–Crippen LogP) is 0.407. The Bertz CT molecular complexity index is 588. The fraction of sp³-hybridized carbons (Fsp3) is 0.538. The molecule has 1 aliphatic heterocycles. The monoisotopic (exact) mass is 317 g/mol. The number of nitrogens with one attached hydrogen (secondary N) is 1. The highest BCUT2D eigenvalue weighted by molar-refractivity contribution is 7.89. The highest BCUT2D eigenvalue weighted by atomic mass is 32.2. The van der Waals surface area contributed by atoms with Gasteiger partial charge in [-0.15, -0.1) is 0 Å². The molecule has 1 saturated heterocycles. The Balaban J connectivity index is 2.00. The van der Waals surface area contributed by atoms with E-state index >= 15 is 0 Å². The molecule has 0 aromatic heterocycles. The standard InChI is InChI=1S/C13H20FN3O3S/c1-10(9-17-4-6-20-7-5-17)16-21(18,19)11-2-3-12(14)13(15)8-11/h2-3,8,10,16H,4-7,9,15H2,1H3. The maximum Gasteiger partial charge on any atom is 0.240 e. The molecule has 0 radical (unpaired) electrons. The molecule has 1 aromatic rings. The van der Waals surface area contributed by atoms with Crippen LogP contribution < -0.4 is 10.5 Å². The molecule has 8 heteroatoms. The van der Waals surface area contributed by atoms with Gasteiger partial charge in [-0.2, -0.15) is 0 Å². The van der Waals surface area contributed by atoms with Crippen LogP contribution in [-0.4, -0.2) is 52.2 Å². The summed E-state index contributed by atoms with van der Waals surface area (Å²) in [5.41, 5.74) is 5.23. The summed E-state index contributed by atoms with van der Waals surface area (Å²) in [5.74, 6) is -0.629. The smallest absolute Gasteiger partial charge is 0.240 e. The highest BCUT2D eigenvalue weighted by Gasteiger charge is 2.21. The second kappa shape index (κ2) is 6.69. The van der Waals surface area contributed by atoms with Crippen LogP contribution in [0, 0.1) is 5.82 Å². The Hall–Kier alpha value is -1.22. The molecule has 1 unspecified atom stereocenters. The number of hydrogen-bond acceptors (Lipinski definition) is 5. The number of nitrogens with two attached hydrogens (primary N) is 1. The molecule has 1 fully saturated rings. The van der Waals surface area contributed by atoms with Crippen molar-refractivity contribution in [2.45, 2.75) is 17.9 Å². The molecule has 6 nitrogen and oxygen atoms in total. The highest BCUT2D eigenvalue weighted by Crippen LogP contribution is 2.16. The van der Waals surface area contributed by atoms with E-state index in [1.807, 2.05) is 0 Å². The first kappa shape index (κ1) is 16.2. The minimum absolute atomic E-state index is 0.0322. The van der Waals surface area contributed by atoms with Crippen LogP contribution in [0.5, 0.6) is 0 Å². The van der Waals surface area contributed by atoms with E-state index in [1.165, 1.54) is 6.07 Å². The predicted molar refractivity (Wildman–Crippen MR) is 77.9 cm³/mol. The molecule has 0 saturated carbocycles. The molecule has 0 amide bonds. The van der Waals surface area contributed by atoms with E-state index in [-0.39, 0.29) is 16.6 Å². The number of sulfonamides is 1. The Morgan fingerprint density at radius 1 is 1.43 bits per heavy atom. The van der Waals surface area contributed by atoms with Crippen molar-refractivity contribution in [1.82, 2.24) is 9.62 Å². The number of benzene rings is 1. The molecule has 0 aliphatic carbocycles. The third-order valence-corrected chi connectivity index (χ3v) is 4.86. The number of nitrogen functional groups attached to an aromatic ring is 1. The van der Waals surface area contributed by atoms with E-state index in [4.69, 9.17) is 10.5 Å². The van der Waals surface area contributed by atoms with Crippen molar-refractivity contribution < 1.29 is 17.5 Å². The number of anilines is 1. The van der Waals surface area contributed by atoms with Gasteiger partial charge in [-0.25, -0.2) is 17.5 Å². The SMILES string of the molecule is CC(CN1CCOCC1)NS(=O)(=O)c1ccc(F)c(N)c1. The number of ether oxygens (including phenoxy) is 1. The molecule has 0 spiro atoms. The van der Waals surface area contributed by atoms with Gasteiger partial charge in [0.1, 0.15) is 5.82 Å². The van der Waals surface area contributed by atoms with Crippen molar-refractivity contribution in [3.63, 3.8) is 0 Å². The summed E-state index contributed by atoms with van der Waals surface area (Å²) in [5, 5.41) is 0. The topological polar surface area (TPSA) is 84.7 Å². The normalized spacial score (nSPS) is 18.6. The molecular formula is C13H20FN3O3S. The van der Waals surface area contributed by atoms with Gasteiger partial charge in [0.2, 0.25) is 10.0 Å². The number of hydrogen-bond donors (Lipinski definition) is 2. The molecule has 118 valence electrons. The van der Waals surface area contributed by atoms with Crippen molar-refractivity contribution in [2.75, 3.05) is 38.6 Å². The van der Waals surface area contributed by atoms with Crippen molar-refractivity contribution in [3.05, 3.63) is 24.0 Å². The lowest BCUT2D eigenvalue weighted by molar-refractivity contribution is 0.0354. The fourth-order valence-corrected chi connectivity index (χ4v) is 3.50. The van der Waals surface area contributed by atoms with Crippen molar-refractivity contribution in [3.8, 4) is 0 Å². The van der Waals surface area contributed by atoms with Crippen molar-refractivity contribution >= 4 is 15.7 Å². The van der Waals surface area contributed by atoms with Gasteiger partial charge in [0.15, 0.2) is 0 Å². The quantitative estimate of drug-likeness (QED) is 0.768. The second-order valence-electron chi connectivity index (χ2n) is 5.12. The second-order valence-corrected chi connectivity index (χ2v) is 6.83. The van der Waals surface area contributed by atoms with Crippen LogP contribution in [0.3, 0.4) is 0 Å². The zero-order chi connectivity index (χ0) is 15.5. The summed E-state index contributed by atoms with van der Waals surface area (Å²) in [4.78, 5) is 2.10. The largest absolute Gasteiger partial charge is 0.396 e. The van der Waals surface area contributed by atoms with Gasteiger partial charge in [-0.1, -0.05) is 0 Å². The van der Waals surface area contributed by atoms with Crippen LogP contribution >= 0.6 is 0 Å². The molecule has 3 N–H and O–H groups in total. The van der Waals surface area contributed by atoms with Gasteiger partial charge < -0.3 is 10.5 Å². The Labute approximate surface area is 124 Å². The van der Waals surface area contributed by atoms with E-state index in [9.17, 15) is 12.8 Å². The van der Waals surface area contributed by atoms with Gasteiger partial charge in [0, 0.05) is 25.7 Å². The first-order valence-electron chi connectivity index (χ1n) is 6.76. The number of rotatable bonds is 5. The molecule has 1 aliphatic rings. The fourth-order valence-electron chi connectivity index (χ4n) is 2.23. The Kier molecular flexibility index (Phi) is 5.15. The lowest BCUT2D eigenvalue weighted by Gasteiger charge is -2.29. The van der Waals surface area contributed by atoms with Crippen LogP contribution in [0.4, 0.5) is 10.1 Å². The Morgan fingerprint density at radius 3 is 2.71 bits per heavy atom. The number of nitrogens with zero attached hydrogens (tertiary/aromatic N) is 1. The van der Waals surface area contributed by atoms with E-state index < -0.39 is 15.8 Å². The summed E-state index contributed by atoms with van der Waals surface area (Å²) in [6, 6.07) is 3.12. The summed E-state index contributed by atoms with van der Waals surface area (Å²) in [6.45, 7) is 5.28. The zero-order valence-corrected chi connectivity index (χ0v) is 12.7. The first-order valence-corrected chi connectivity index (χ1v) is 8.24. The first-order chi connectivity index (χ1) is 9.88. The van der Waals surface area contributed by atoms with E-state index in [0.29, 0.717) is 19.8 Å². The third kappa shape index (κ3) is 4.37. The maximum atomic E-state index is 13.1. The molecule has 1 aromatic carbocycles.